The molecular weight excluding hydrogens is 274 g/mol. The molecule has 0 bridgehead atoms. The van der Waals surface area contributed by atoms with Gasteiger partial charge < -0.3 is 4.74 Å². The van der Waals surface area contributed by atoms with Crippen molar-refractivity contribution >= 4 is 5.97 Å². The first kappa shape index (κ1) is 18.4. The summed E-state index contributed by atoms with van der Waals surface area (Å²) in [5, 5.41) is 0. The van der Waals surface area contributed by atoms with E-state index in [-0.39, 0.29) is 18.1 Å². The van der Waals surface area contributed by atoms with Gasteiger partial charge in [-0.3, -0.25) is 9.69 Å². The van der Waals surface area contributed by atoms with Crippen molar-refractivity contribution < 1.29 is 9.53 Å². The topological polar surface area (TPSA) is 29.5 Å². The molecule has 0 N–H and O–H groups in total. The molecule has 0 fully saturated rings. The zero-order chi connectivity index (χ0) is 16.8. The summed E-state index contributed by atoms with van der Waals surface area (Å²) in [6.07, 6.45) is 4.40. The van der Waals surface area contributed by atoms with E-state index in [0.29, 0.717) is 6.42 Å². The average Bonchev–Trinajstić information content (AvgIpc) is 2.44. The average molecular weight is 303 g/mol. The van der Waals surface area contributed by atoms with E-state index in [9.17, 15) is 4.79 Å². The van der Waals surface area contributed by atoms with E-state index in [1.54, 1.807) is 0 Å². The van der Waals surface area contributed by atoms with Gasteiger partial charge in [0.2, 0.25) is 0 Å². The van der Waals surface area contributed by atoms with Gasteiger partial charge in [0.05, 0.1) is 6.42 Å². The zero-order valence-electron chi connectivity index (χ0n) is 14.7. The number of hydrogen-bond acceptors (Lipinski definition) is 3. The van der Waals surface area contributed by atoms with Crippen LogP contribution in [0.25, 0.3) is 0 Å². The fraction of sp³-hybridized carbons (Fsp3) is 0.526. The number of allylic oxidation sites excluding steroid dienone is 1. The first-order valence-electron chi connectivity index (χ1n) is 7.86. The van der Waals surface area contributed by atoms with Gasteiger partial charge in [-0.2, -0.15) is 0 Å². The fourth-order valence-corrected chi connectivity index (χ4v) is 2.38. The van der Waals surface area contributed by atoms with Crippen LogP contribution in [-0.4, -0.2) is 29.6 Å². The van der Waals surface area contributed by atoms with Gasteiger partial charge in [0.15, 0.2) is 0 Å². The summed E-state index contributed by atoms with van der Waals surface area (Å²) in [4.78, 5) is 14.3. The van der Waals surface area contributed by atoms with Gasteiger partial charge in [-0.25, -0.2) is 0 Å². The van der Waals surface area contributed by atoms with E-state index < -0.39 is 5.60 Å². The van der Waals surface area contributed by atoms with Crippen LogP contribution in [0.2, 0.25) is 0 Å². The lowest BCUT2D eigenvalue weighted by Gasteiger charge is -2.32. The molecule has 0 aromatic heterocycles. The Labute approximate surface area is 135 Å². The molecule has 0 saturated heterocycles. The fourth-order valence-electron chi connectivity index (χ4n) is 2.38. The predicted molar refractivity (Wildman–Crippen MR) is 91.7 cm³/mol. The Morgan fingerprint density at radius 1 is 1.27 bits per heavy atom. The van der Waals surface area contributed by atoms with Crippen molar-refractivity contribution in [1.82, 2.24) is 4.90 Å². The summed E-state index contributed by atoms with van der Waals surface area (Å²) in [6, 6.07) is 10.6. The van der Waals surface area contributed by atoms with Crippen molar-refractivity contribution in [2.75, 3.05) is 7.05 Å². The monoisotopic (exact) mass is 303 g/mol. The molecule has 0 heterocycles. The second-order valence-electron chi connectivity index (χ2n) is 6.64. The molecule has 0 radical (unpaired) electrons. The van der Waals surface area contributed by atoms with E-state index in [2.05, 4.69) is 30.0 Å². The van der Waals surface area contributed by atoms with E-state index in [4.69, 9.17) is 4.74 Å². The quantitative estimate of drug-likeness (QED) is 0.578. The molecule has 3 nitrogen and oxygen atoms in total. The third kappa shape index (κ3) is 6.02. The van der Waals surface area contributed by atoms with Crippen LogP contribution >= 0.6 is 0 Å². The maximum Gasteiger partial charge on any atom is 0.308 e. The minimum absolute atomic E-state index is 0.0232. The molecule has 1 aromatic carbocycles. The maximum atomic E-state index is 12.1. The number of esters is 1. The number of benzene rings is 1. The molecule has 1 aromatic rings. The molecule has 22 heavy (non-hydrogen) atoms. The lowest BCUT2D eigenvalue weighted by Crippen LogP contribution is -2.36. The molecule has 2 atom stereocenters. The summed E-state index contributed by atoms with van der Waals surface area (Å²) in [6.45, 7) is 9.81. The molecule has 0 aliphatic heterocycles. The second-order valence-corrected chi connectivity index (χ2v) is 6.64. The predicted octanol–water partition coefficient (Wildman–Crippen LogP) is 4.36. The first-order chi connectivity index (χ1) is 10.2. The van der Waals surface area contributed by atoms with Crippen LogP contribution in [0.5, 0.6) is 0 Å². The van der Waals surface area contributed by atoms with Gasteiger partial charge in [-0.05, 0) is 47.2 Å². The molecule has 1 rings (SSSR count). The minimum Gasteiger partial charge on any atom is -0.460 e. The van der Waals surface area contributed by atoms with Crippen molar-refractivity contribution in [3.63, 3.8) is 0 Å². The number of nitrogens with zero attached hydrogens (tertiary/aromatic N) is 1. The number of hydrogen-bond donors (Lipinski definition) is 0. The molecule has 0 spiro atoms. The number of ether oxygens (including phenoxy) is 1. The normalized spacial score (nSPS) is 15.0. The van der Waals surface area contributed by atoms with Crippen LogP contribution in [0.4, 0.5) is 0 Å². The maximum absolute atomic E-state index is 12.1. The molecule has 0 amide bonds. The standard InChI is InChI=1S/C19H29NO2/c1-7-11-17(14-18(21)22-19(3,4)5)20(6)15(2)16-12-9-8-10-13-16/h7-13,15,17H,14H2,1-6H3/b11-7+/t15-,17-/m1/s1. The molecule has 0 aliphatic rings. The highest BCUT2D eigenvalue weighted by molar-refractivity contribution is 5.71. The van der Waals surface area contributed by atoms with Crippen LogP contribution in [0.1, 0.15) is 52.6 Å². The van der Waals surface area contributed by atoms with Gasteiger partial charge in [0, 0.05) is 12.1 Å². The Bertz CT molecular complexity index is 488. The molecule has 122 valence electrons. The highest BCUT2D eigenvalue weighted by Crippen LogP contribution is 2.23. The lowest BCUT2D eigenvalue weighted by atomic mass is 10.0. The summed E-state index contributed by atoms with van der Waals surface area (Å²) < 4.78 is 5.45. The smallest absolute Gasteiger partial charge is 0.308 e. The number of carbonyl (C=O) groups excluding carboxylic acids is 1. The van der Waals surface area contributed by atoms with Crippen LogP contribution in [-0.2, 0) is 9.53 Å². The Morgan fingerprint density at radius 2 is 1.86 bits per heavy atom. The van der Waals surface area contributed by atoms with E-state index in [1.165, 1.54) is 5.56 Å². The molecule has 0 unspecified atom stereocenters. The Balaban J connectivity index is 2.79. The first-order valence-corrected chi connectivity index (χ1v) is 7.86. The lowest BCUT2D eigenvalue weighted by molar-refractivity contribution is -0.155. The molecule has 3 heteroatoms. The summed E-state index contributed by atoms with van der Waals surface area (Å²) in [7, 11) is 2.05. The van der Waals surface area contributed by atoms with Crippen molar-refractivity contribution in [2.24, 2.45) is 0 Å². The van der Waals surface area contributed by atoms with Crippen molar-refractivity contribution in [3.8, 4) is 0 Å². The number of rotatable bonds is 6. The minimum atomic E-state index is -0.443. The largest absolute Gasteiger partial charge is 0.460 e. The zero-order valence-corrected chi connectivity index (χ0v) is 14.7. The van der Waals surface area contributed by atoms with Crippen LogP contribution in [0.15, 0.2) is 42.5 Å². The van der Waals surface area contributed by atoms with Crippen LogP contribution in [0, 0.1) is 0 Å². The van der Waals surface area contributed by atoms with Crippen molar-refractivity contribution in [3.05, 3.63) is 48.0 Å². The third-order valence-corrected chi connectivity index (χ3v) is 3.63. The van der Waals surface area contributed by atoms with Gasteiger partial charge in [-0.15, -0.1) is 0 Å². The Kier molecular flexibility index (Phi) is 6.82. The van der Waals surface area contributed by atoms with Crippen LogP contribution in [0.3, 0.4) is 0 Å². The summed E-state index contributed by atoms with van der Waals surface area (Å²) in [5.41, 5.74) is 0.796. The van der Waals surface area contributed by atoms with E-state index in [0.717, 1.165) is 0 Å². The number of likely N-dealkylation sites (N-methyl/N-ethyl adjacent to an activating group) is 1. The van der Waals surface area contributed by atoms with Crippen molar-refractivity contribution in [1.29, 1.82) is 0 Å². The van der Waals surface area contributed by atoms with Gasteiger partial charge in [0.25, 0.3) is 0 Å². The van der Waals surface area contributed by atoms with Gasteiger partial charge in [-0.1, -0.05) is 42.5 Å². The molecule has 0 aliphatic carbocycles. The second kappa shape index (κ2) is 8.14. The Morgan fingerprint density at radius 3 is 2.36 bits per heavy atom. The summed E-state index contributed by atoms with van der Waals surface area (Å²) >= 11 is 0. The van der Waals surface area contributed by atoms with Crippen LogP contribution < -0.4 is 0 Å². The third-order valence-electron chi connectivity index (χ3n) is 3.63. The van der Waals surface area contributed by atoms with Gasteiger partial charge >= 0.3 is 5.97 Å². The molecular formula is C19H29NO2. The molecule has 0 saturated carbocycles. The summed E-state index contributed by atoms with van der Waals surface area (Å²) in [5.74, 6) is -0.164. The van der Waals surface area contributed by atoms with E-state index in [1.807, 2.05) is 59.0 Å². The van der Waals surface area contributed by atoms with Crippen molar-refractivity contribution in [2.45, 2.75) is 58.7 Å². The van der Waals surface area contributed by atoms with Gasteiger partial charge in [0.1, 0.15) is 5.60 Å². The van der Waals surface area contributed by atoms with E-state index >= 15 is 0 Å². The Hall–Kier alpha value is -1.61. The SMILES string of the molecule is C/C=C/[C@H](CC(=O)OC(C)(C)C)N(C)[C@H](C)c1ccccc1. The highest BCUT2D eigenvalue weighted by Gasteiger charge is 2.24. The number of carbonyl (C=O) groups is 1. The highest BCUT2D eigenvalue weighted by atomic mass is 16.6.